The average Bonchev–Trinajstić information content (AvgIpc) is 2.94. The lowest BCUT2D eigenvalue weighted by Gasteiger charge is -2.14. The van der Waals surface area contributed by atoms with Crippen LogP contribution in [-0.4, -0.2) is 27.2 Å². The van der Waals surface area contributed by atoms with Crippen molar-refractivity contribution in [3.05, 3.63) is 39.9 Å². The third-order valence-electron chi connectivity index (χ3n) is 3.21. The maximum Gasteiger partial charge on any atom is 0.303 e. The topological polar surface area (TPSA) is 92.2 Å². The molecular weight excluding hydrogens is 338 g/mol. The van der Waals surface area contributed by atoms with Crippen LogP contribution in [0.3, 0.4) is 0 Å². The zero-order chi connectivity index (χ0) is 16.8. The number of nitrogens with zero attached hydrogens (tertiary/aromatic N) is 2. The van der Waals surface area contributed by atoms with Gasteiger partial charge < -0.3 is 10.4 Å². The Balaban J connectivity index is 2.05. The van der Waals surface area contributed by atoms with E-state index in [1.54, 1.807) is 24.3 Å². The molecule has 0 aliphatic heterocycles. The Labute approximate surface area is 142 Å². The molecule has 8 heteroatoms. The zero-order valence-corrected chi connectivity index (χ0v) is 14.0. The van der Waals surface area contributed by atoms with Gasteiger partial charge in [-0.25, -0.2) is 0 Å². The van der Waals surface area contributed by atoms with Crippen LogP contribution in [0.1, 0.15) is 36.3 Å². The number of aromatic nitrogens is 2. The molecule has 6 nitrogen and oxygen atoms in total. The fourth-order valence-corrected chi connectivity index (χ4v) is 2.92. The average molecular weight is 354 g/mol. The summed E-state index contributed by atoms with van der Waals surface area (Å²) in [5, 5.41) is 21.4. The smallest absolute Gasteiger partial charge is 0.303 e. The van der Waals surface area contributed by atoms with E-state index < -0.39 is 11.9 Å². The number of hydrogen-bond acceptors (Lipinski definition) is 5. The molecule has 0 saturated carbocycles. The van der Waals surface area contributed by atoms with Crippen molar-refractivity contribution in [2.75, 3.05) is 5.32 Å². The molecule has 23 heavy (non-hydrogen) atoms. The largest absolute Gasteiger partial charge is 0.481 e. The molecule has 0 bridgehead atoms. The first kappa shape index (κ1) is 17.4. The lowest BCUT2D eigenvalue weighted by Crippen LogP contribution is -2.17. The minimum Gasteiger partial charge on any atom is -0.481 e. The van der Waals surface area contributed by atoms with Crippen molar-refractivity contribution in [2.45, 2.75) is 32.1 Å². The van der Waals surface area contributed by atoms with Crippen molar-refractivity contribution in [1.82, 2.24) is 10.2 Å². The van der Waals surface area contributed by atoms with E-state index in [0.29, 0.717) is 10.2 Å². The number of amides is 1. The summed E-state index contributed by atoms with van der Waals surface area (Å²) in [6.07, 6.45) is 0.667. The minimum atomic E-state index is -0.957. The molecule has 1 atom stereocenters. The molecule has 2 aromatic rings. The van der Waals surface area contributed by atoms with Gasteiger partial charge in [-0.3, -0.25) is 9.59 Å². The molecule has 0 fully saturated rings. The van der Waals surface area contributed by atoms with Gasteiger partial charge in [-0.2, -0.15) is 0 Å². The van der Waals surface area contributed by atoms with E-state index in [4.69, 9.17) is 16.7 Å². The number of aliphatic carboxylic acids is 1. The second-order valence-electron chi connectivity index (χ2n) is 4.95. The highest BCUT2D eigenvalue weighted by molar-refractivity contribution is 7.15. The number of carboxylic acids is 1. The van der Waals surface area contributed by atoms with Crippen LogP contribution in [0.25, 0.3) is 0 Å². The van der Waals surface area contributed by atoms with Crippen molar-refractivity contribution in [1.29, 1.82) is 0 Å². The van der Waals surface area contributed by atoms with Gasteiger partial charge in [0.1, 0.15) is 5.01 Å². The van der Waals surface area contributed by atoms with Crippen molar-refractivity contribution in [3.63, 3.8) is 0 Å². The van der Waals surface area contributed by atoms with Gasteiger partial charge in [0, 0.05) is 17.4 Å². The molecule has 0 aliphatic rings. The molecule has 0 spiro atoms. The quantitative estimate of drug-likeness (QED) is 0.796. The van der Waals surface area contributed by atoms with E-state index >= 15 is 0 Å². The number of carbonyl (C=O) groups excluding carboxylic acids is 1. The van der Waals surface area contributed by atoms with Crippen LogP contribution in [0.4, 0.5) is 5.13 Å². The lowest BCUT2D eigenvalue weighted by molar-refractivity contribution is -0.137. The molecule has 1 aromatic carbocycles. The summed E-state index contributed by atoms with van der Waals surface area (Å²) >= 11 is 7.15. The maximum absolute atomic E-state index is 12.2. The number of nitrogens with one attached hydrogen (secondary N) is 1. The Bertz CT molecular complexity index is 688. The van der Waals surface area contributed by atoms with E-state index in [1.165, 1.54) is 11.3 Å². The van der Waals surface area contributed by atoms with Crippen LogP contribution >= 0.6 is 22.9 Å². The first-order valence-electron chi connectivity index (χ1n) is 7.07. The number of carboxylic acid groups (broad SMARTS) is 1. The number of aryl methyl sites for hydroxylation is 1. The van der Waals surface area contributed by atoms with Crippen LogP contribution in [-0.2, 0) is 16.0 Å². The van der Waals surface area contributed by atoms with Crippen molar-refractivity contribution >= 4 is 39.9 Å². The normalized spacial score (nSPS) is 11.9. The van der Waals surface area contributed by atoms with Crippen LogP contribution in [0.15, 0.2) is 24.3 Å². The van der Waals surface area contributed by atoms with Crippen molar-refractivity contribution in [3.8, 4) is 0 Å². The standard InChI is InChI=1S/C15H16ClN3O3S/c1-2-13-18-19-15(23-13)17-12(20)7-10(8-14(21)22)9-3-5-11(16)6-4-9/h3-6,10H,2,7-8H2,1H3,(H,21,22)(H,17,19,20). The Morgan fingerprint density at radius 2 is 1.96 bits per heavy atom. The highest BCUT2D eigenvalue weighted by Crippen LogP contribution is 2.26. The van der Waals surface area contributed by atoms with Crippen molar-refractivity contribution in [2.24, 2.45) is 0 Å². The first-order valence-corrected chi connectivity index (χ1v) is 8.27. The van der Waals surface area contributed by atoms with E-state index in [2.05, 4.69) is 15.5 Å². The second kappa shape index (κ2) is 8.03. The minimum absolute atomic E-state index is 0.0506. The number of benzene rings is 1. The summed E-state index contributed by atoms with van der Waals surface area (Å²) < 4.78 is 0. The summed E-state index contributed by atoms with van der Waals surface area (Å²) in [6, 6.07) is 6.84. The fraction of sp³-hybridized carbons (Fsp3) is 0.333. The maximum atomic E-state index is 12.2. The molecule has 1 unspecified atom stereocenters. The molecule has 1 aromatic heterocycles. The third kappa shape index (κ3) is 5.30. The molecular formula is C15H16ClN3O3S. The third-order valence-corrected chi connectivity index (χ3v) is 4.44. The Kier molecular flexibility index (Phi) is 6.06. The first-order chi connectivity index (χ1) is 11.0. The Morgan fingerprint density at radius 1 is 1.26 bits per heavy atom. The van der Waals surface area contributed by atoms with Crippen LogP contribution in [0, 0.1) is 0 Å². The number of rotatable bonds is 7. The SMILES string of the molecule is CCc1nnc(NC(=O)CC(CC(=O)O)c2ccc(Cl)cc2)s1. The second-order valence-corrected chi connectivity index (χ2v) is 6.45. The van der Waals surface area contributed by atoms with Crippen LogP contribution < -0.4 is 5.32 Å². The van der Waals surface area contributed by atoms with Gasteiger partial charge in [0.2, 0.25) is 11.0 Å². The lowest BCUT2D eigenvalue weighted by atomic mass is 9.92. The Hall–Kier alpha value is -1.99. The fourth-order valence-electron chi connectivity index (χ4n) is 2.09. The summed E-state index contributed by atoms with van der Waals surface area (Å²) in [7, 11) is 0. The van der Waals surface area contributed by atoms with Crippen LogP contribution in [0.5, 0.6) is 0 Å². The van der Waals surface area contributed by atoms with Gasteiger partial charge in [-0.1, -0.05) is 42.0 Å². The molecule has 0 aliphatic carbocycles. The predicted octanol–water partition coefficient (Wildman–Crippen LogP) is 3.34. The molecule has 1 heterocycles. The summed E-state index contributed by atoms with van der Waals surface area (Å²) in [5.41, 5.74) is 0.762. The van der Waals surface area contributed by atoms with Gasteiger partial charge >= 0.3 is 5.97 Å². The molecule has 122 valence electrons. The number of halogens is 1. The summed E-state index contributed by atoms with van der Waals surface area (Å²) in [5.74, 6) is -1.67. The number of anilines is 1. The van der Waals surface area contributed by atoms with E-state index in [9.17, 15) is 9.59 Å². The molecule has 2 rings (SSSR count). The Morgan fingerprint density at radius 3 is 2.52 bits per heavy atom. The van der Waals surface area contributed by atoms with E-state index in [-0.39, 0.29) is 18.7 Å². The highest BCUT2D eigenvalue weighted by atomic mass is 35.5. The van der Waals surface area contributed by atoms with Crippen LogP contribution in [0.2, 0.25) is 5.02 Å². The van der Waals surface area contributed by atoms with Gasteiger partial charge in [0.15, 0.2) is 0 Å². The summed E-state index contributed by atoms with van der Waals surface area (Å²) in [4.78, 5) is 23.2. The monoisotopic (exact) mass is 353 g/mol. The predicted molar refractivity (Wildman–Crippen MR) is 89.0 cm³/mol. The molecule has 0 radical (unpaired) electrons. The number of hydrogen-bond donors (Lipinski definition) is 2. The van der Waals surface area contributed by atoms with Crippen molar-refractivity contribution < 1.29 is 14.7 Å². The number of carbonyl (C=O) groups is 2. The highest BCUT2D eigenvalue weighted by Gasteiger charge is 2.20. The van der Waals surface area contributed by atoms with Gasteiger partial charge in [0.05, 0.1) is 6.42 Å². The molecule has 0 saturated heterocycles. The zero-order valence-electron chi connectivity index (χ0n) is 12.5. The van der Waals surface area contributed by atoms with E-state index in [1.807, 2.05) is 6.92 Å². The molecule has 2 N–H and O–H groups in total. The van der Waals surface area contributed by atoms with Gasteiger partial charge in [0.25, 0.3) is 0 Å². The molecule has 1 amide bonds. The van der Waals surface area contributed by atoms with Gasteiger partial charge in [-0.15, -0.1) is 10.2 Å². The summed E-state index contributed by atoms with van der Waals surface area (Å²) in [6.45, 7) is 1.95. The van der Waals surface area contributed by atoms with Gasteiger partial charge in [-0.05, 0) is 24.1 Å². The van der Waals surface area contributed by atoms with E-state index in [0.717, 1.165) is 17.0 Å².